The minimum atomic E-state index is 0.771. The van der Waals surface area contributed by atoms with Crippen LogP contribution in [0.25, 0.3) is 43.4 Å². The molecule has 0 unspecified atom stereocenters. The average molecular weight is 313 g/mol. The van der Waals surface area contributed by atoms with Crippen molar-refractivity contribution in [1.29, 1.82) is 0 Å². The molecule has 0 spiro atoms. The molecular weight excluding hydrogens is 300 g/mol. The van der Waals surface area contributed by atoms with E-state index in [1.807, 2.05) is 18.2 Å². The van der Waals surface area contributed by atoms with Gasteiger partial charge in [-0.25, -0.2) is 0 Å². The largest absolute Gasteiger partial charge is 0.0843 e. The van der Waals surface area contributed by atoms with Gasteiger partial charge >= 0.3 is 0 Å². The maximum Gasteiger partial charge on any atom is 0.0412 e. The quantitative estimate of drug-likeness (QED) is 0.295. The maximum absolute atomic E-state index is 6.20. The highest BCUT2D eigenvalue weighted by Gasteiger charge is 2.11. The van der Waals surface area contributed by atoms with Crippen molar-refractivity contribution in [3.05, 3.63) is 83.9 Å². The molecule has 5 aromatic rings. The molecule has 0 amide bonds. The Labute approximate surface area is 139 Å². The van der Waals surface area contributed by atoms with Crippen LogP contribution in [0.15, 0.2) is 78.9 Å². The van der Waals surface area contributed by atoms with E-state index < -0.39 is 0 Å². The maximum atomic E-state index is 6.20. The van der Waals surface area contributed by atoms with Crippen molar-refractivity contribution in [2.75, 3.05) is 0 Å². The number of benzene rings is 5. The van der Waals surface area contributed by atoms with Crippen molar-refractivity contribution < 1.29 is 0 Å². The van der Waals surface area contributed by atoms with Gasteiger partial charge in [-0.1, -0.05) is 78.3 Å². The third-order valence-corrected chi connectivity index (χ3v) is 4.90. The highest BCUT2D eigenvalue weighted by Crippen LogP contribution is 2.39. The summed E-state index contributed by atoms with van der Waals surface area (Å²) in [6.07, 6.45) is 0. The Balaban J connectivity index is 1.99. The summed E-state index contributed by atoms with van der Waals surface area (Å²) < 4.78 is 0. The Morgan fingerprint density at radius 1 is 0.565 bits per heavy atom. The second-order valence-corrected chi connectivity index (χ2v) is 6.42. The fourth-order valence-electron chi connectivity index (χ4n) is 3.64. The molecule has 5 aromatic carbocycles. The van der Waals surface area contributed by atoms with Gasteiger partial charge in [0.2, 0.25) is 0 Å². The zero-order valence-electron chi connectivity index (χ0n) is 12.4. The summed E-state index contributed by atoms with van der Waals surface area (Å²) in [5.41, 5.74) is 2.40. The van der Waals surface area contributed by atoms with E-state index in [-0.39, 0.29) is 0 Å². The van der Waals surface area contributed by atoms with Crippen LogP contribution in [0.1, 0.15) is 0 Å². The van der Waals surface area contributed by atoms with Gasteiger partial charge in [-0.15, -0.1) is 0 Å². The normalized spacial score (nSPS) is 11.7. The van der Waals surface area contributed by atoms with Crippen LogP contribution in [-0.4, -0.2) is 0 Å². The zero-order chi connectivity index (χ0) is 15.4. The molecule has 0 aliphatic heterocycles. The Morgan fingerprint density at radius 2 is 1.22 bits per heavy atom. The van der Waals surface area contributed by atoms with E-state index in [0.29, 0.717) is 0 Å². The zero-order valence-corrected chi connectivity index (χ0v) is 13.1. The number of halogens is 1. The second-order valence-electron chi connectivity index (χ2n) is 5.98. The van der Waals surface area contributed by atoms with Crippen LogP contribution in [0, 0.1) is 0 Å². The van der Waals surface area contributed by atoms with Crippen molar-refractivity contribution in [3.8, 4) is 11.1 Å². The Morgan fingerprint density at radius 3 is 2.00 bits per heavy atom. The molecule has 0 aromatic heterocycles. The van der Waals surface area contributed by atoms with Crippen LogP contribution in [0.2, 0.25) is 5.02 Å². The molecule has 5 rings (SSSR count). The lowest BCUT2D eigenvalue weighted by Gasteiger charge is -2.14. The van der Waals surface area contributed by atoms with Gasteiger partial charge in [-0.05, 0) is 55.6 Å². The van der Waals surface area contributed by atoms with E-state index in [2.05, 4.69) is 60.7 Å². The van der Waals surface area contributed by atoms with E-state index in [0.717, 1.165) is 10.6 Å². The van der Waals surface area contributed by atoms with Gasteiger partial charge in [-0.3, -0.25) is 0 Å². The number of hydrogen-bond donors (Lipinski definition) is 0. The molecule has 108 valence electrons. The van der Waals surface area contributed by atoms with Gasteiger partial charge in [0.15, 0.2) is 0 Å². The van der Waals surface area contributed by atoms with E-state index in [9.17, 15) is 0 Å². The second kappa shape index (κ2) is 4.71. The first-order valence-corrected chi connectivity index (χ1v) is 8.11. The summed E-state index contributed by atoms with van der Waals surface area (Å²) in [6.45, 7) is 0. The van der Waals surface area contributed by atoms with Crippen molar-refractivity contribution in [2.24, 2.45) is 0 Å². The molecule has 0 aliphatic rings. The molecule has 0 atom stereocenters. The Hall–Kier alpha value is -2.57. The first-order chi connectivity index (χ1) is 11.3. The predicted octanol–water partition coefficient (Wildman–Crippen LogP) is 6.90. The van der Waals surface area contributed by atoms with Gasteiger partial charge in [0, 0.05) is 5.02 Å². The molecule has 1 heteroatoms. The Kier molecular flexibility index (Phi) is 2.65. The van der Waals surface area contributed by atoms with Gasteiger partial charge in [0.25, 0.3) is 0 Å². The topological polar surface area (TPSA) is 0 Å². The molecule has 0 saturated carbocycles. The lowest BCUT2D eigenvalue weighted by atomic mass is 9.90. The van der Waals surface area contributed by atoms with Crippen LogP contribution < -0.4 is 0 Å². The number of rotatable bonds is 1. The Bertz CT molecular complexity index is 1150. The molecule has 0 nitrogen and oxygen atoms in total. The fraction of sp³-hybridized carbons (Fsp3) is 0. The predicted molar refractivity (Wildman–Crippen MR) is 101 cm³/mol. The third-order valence-electron chi connectivity index (χ3n) is 4.66. The van der Waals surface area contributed by atoms with E-state index in [1.165, 1.54) is 37.9 Å². The molecule has 0 N–H and O–H groups in total. The molecule has 0 aliphatic carbocycles. The van der Waals surface area contributed by atoms with Crippen molar-refractivity contribution in [1.82, 2.24) is 0 Å². The van der Waals surface area contributed by atoms with Crippen LogP contribution >= 0.6 is 11.6 Å². The monoisotopic (exact) mass is 312 g/mol. The molecule has 0 radical (unpaired) electrons. The van der Waals surface area contributed by atoms with Gasteiger partial charge < -0.3 is 0 Å². The van der Waals surface area contributed by atoms with Gasteiger partial charge in [0.1, 0.15) is 0 Å². The van der Waals surface area contributed by atoms with Crippen LogP contribution in [0.4, 0.5) is 0 Å². The SMILES string of the molecule is Clc1cccc(-c2ccc3ccc4cccc5ccc2c3c45)c1. The van der Waals surface area contributed by atoms with Gasteiger partial charge in [0.05, 0.1) is 0 Å². The lowest BCUT2D eigenvalue weighted by Crippen LogP contribution is -1.87. The molecule has 0 heterocycles. The first-order valence-electron chi connectivity index (χ1n) is 7.74. The minimum absolute atomic E-state index is 0.771. The third kappa shape index (κ3) is 1.85. The van der Waals surface area contributed by atoms with Crippen molar-refractivity contribution in [2.45, 2.75) is 0 Å². The minimum Gasteiger partial charge on any atom is -0.0843 e. The average Bonchev–Trinajstić information content (AvgIpc) is 2.59. The van der Waals surface area contributed by atoms with Gasteiger partial charge in [-0.2, -0.15) is 0 Å². The molecule has 23 heavy (non-hydrogen) atoms. The fourth-order valence-corrected chi connectivity index (χ4v) is 3.83. The molecular formula is C22H13Cl. The lowest BCUT2D eigenvalue weighted by molar-refractivity contribution is 1.66. The number of hydrogen-bond acceptors (Lipinski definition) is 0. The van der Waals surface area contributed by atoms with Crippen molar-refractivity contribution >= 4 is 43.9 Å². The van der Waals surface area contributed by atoms with Crippen LogP contribution in [0.3, 0.4) is 0 Å². The first kappa shape index (κ1) is 12.9. The van der Waals surface area contributed by atoms with E-state index >= 15 is 0 Å². The highest BCUT2D eigenvalue weighted by atomic mass is 35.5. The summed E-state index contributed by atoms with van der Waals surface area (Å²) in [4.78, 5) is 0. The standard InChI is InChI=1S/C22H13Cl/c23-18-6-2-5-17(13-18)19-11-9-16-8-7-14-3-1-4-15-10-12-20(19)22(16)21(14)15/h1-13H. The smallest absolute Gasteiger partial charge is 0.0412 e. The summed E-state index contributed by atoms with van der Waals surface area (Å²) in [5, 5.41) is 8.63. The van der Waals surface area contributed by atoms with E-state index in [4.69, 9.17) is 11.6 Å². The summed E-state index contributed by atoms with van der Waals surface area (Å²) in [7, 11) is 0. The molecule has 0 bridgehead atoms. The molecule has 0 saturated heterocycles. The highest BCUT2D eigenvalue weighted by molar-refractivity contribution is 6.31. The summed E-state index contributed by atoms with van der Waals surface area (Å²) in [5.74, 6) is 0. The van der Waals surface area contributed by atoms with Crippen LogP contribution in [-0.2, 0) is 0 Å². The summed E-state index contributed by atoms with van der Waals surface area (Å²) >= 11 is 6.20. The summed E-state index contributed by atoms with van der Waals surface area (Å²) in [6, 6.07) is 27.9. The van der Waals surface area contributed by atoms with Crippen LogP contribution in [0.5, 0.6) is 0 Å². The van der Waals surface area contributed by atoms with Crippen molar-refractivity contribution in [3.63, 3.8) is 0 Å². The van der Waals surface area contributed by atoms with E-state index in [1.54, 1.807) is 0 Å². The molecule has 0 fully saturated rings.